The molecule has 0 spiro atoms. The third kappa shape index (κ3) is 4.59. The highest BCUT2D eigenvalue weighted by atomic mass is 35.5. The van der Waals surface area contributed by atoms with Crippen molar-refractivity contribution >= 4 is 51.3 Å². The molecular weight excluding hydrogens is 505 g/mol. The minimum atomic E-state index is -0.445. The number of benzene rings is 1. The van der Waals surface area contributed by atoms with E-state index >= 15 is 4.39 Å². The molecule has 36 heavy (non-hydrogen) atoms. The van der Waals surface area contributed by atoms with Crippen LogP contribution >= 0.6 is 22.9 Å². The van der Waals surface area contributed by atoms with E-state index in [1.54, 1.807) is 46.1 Å². The zero-order chi connectivity index (χ0) is 25.2. The van der Waals surface area contributed by atoms with Gasteiger partial charge in [0.1, 0.15) is 17.2 Å². The van der Waals surface area contributed by atoms with E-state index in [-0.39, 0.29) is 12.5 Å². The predicted molar refractivity (Wildman–Crippen MR) is 138 cm³/mol. The van der Waals surface area contributed by atoms with Crippen LogP contribution in [-0.4, -0.2) is 46.5 Å². The molecule has 4 heterocycles. The van der Waals surface area contributed by atoms with Gasteiger partial charge in [0.05, 0.1) is 30.1 Å². The number of nitrogens with zero attached hydrogens (tertiary/aromatic N) is 6. The van der Waals surface area contributed by atoms with Gasteiger partial charge in [-0.3, -0.25) is 19.1 Å². The van der Waals surface area contributed by atoms with Gasteiger partial charge in [-0.05, 0) is 36.2 Å². The van der Waals surface area contributed by atoms with Gasteiger partial charge >= 0.3 is 6.02 Å². The van der Waals surface area contributed by atoms with E-state index in [4.69, 9.17) is 16.3 Å². The van der Waals surface area contributed by atoms with Gasteiger partial charge in [0, 0.05) is 30.9 Å². The van der Waals surface area contributed by atoms with Gasteiger partial charge in [-0.25, -0.2) is 14.4 Å². The fourth-order valence-electron chi connectivity index (χ4n) is 4.04. The van der Waals surface area contributed by atoms with Gasteiger partial charge in [0.15, 0.2) is 5.13 Å². The maximum atomic E-state index is 15.1. The minimum absolute atomic E-state index is 0.150. The number of aromatic nitrogens is 3. The number of nitrogens with one attached hydrogen (secondary N) is 1. The van der Waals surface area contributed by atoms with Gasteiger partial charge in [0.2, 0.25) is 0 Å². The van der Waals surface area contributed by atoms with Crippen LogP contribution in [0.1, 0.15) is 28.7 Å². The number of anilines is 2. The van der Waals surface area contributed by atoms with Crippen LogP contribution in [0.4, 0.5) is 15.2 Å². The number of pyridine rings is 1. The van der Waals surface area contributed by atoms with Gasteiger partial charge in [-0.2, -0.15) is 0 Å². The number of hydrogen-bond donors (Lipinski definition) is 1. The van der Waals surface area contributed by atoms with E-state index in [0.717, 1.165) is 5.13 Å². The van der Waals surface area contributed by atoms with Gasteiger partial charge in [0.25, 0.3) is 5.91 Å². The Morgan fingerprint density at radius 2 is 2.14 bits per heavy atom. The molecule has 1 aliphatic rings. The van der Waals surface area contributed by atoms with Crippen LogP contribution in [-0.2, 0) is 17.7 Å². The zero-order valence-corrected chi connectivity index (χ0v) is 21.2. The van der Waals surface area contributed by atoms with Crippen LogP contribution in [0.5, 0.6) is 0 Å². The predicted octanol–water partition coefficient (Wildman–Crippen LogP) is 4.32. The summed E-state index contributed by atoms with van der Waals surface area (Å²) in [4.78, 5) is 23.7. The number of carbonyl (C=O) groups excluding carboxylic acids is 1. The molecule has 0 bridgehead atoms. The molecule has 3 aromatic heterocycles. The second-order valence-corrected chi connectivity index (χ2v) is 9.29. The number of imidazole rings is 1. The summed E-state index contributed by atoms with van der Waals surface area (Å²) < 4.78 is 22.2. The molecule has 0 atom stereocenters. The highest BCUT2D eigenvalue weighted by molar-refractivity contribution is 7.13. The average molecular weight is 528 g/mol. The fourth-order valence-corrected chi connectivity index (χ4v) is 4.86. The number of aryl methyl sites for hydroxylation is 1. The standard InChI is InChI=1S/C24H23ClFN7O2S/c1-3-18-21(32-14-16(25)5-7-20(32)29-18)22(34)28-13-15-4-6-19(17(26)12-15)33-10-9-31(23(30-33)35-2)24-27-8-11-36-24/h4-8,11-12,14H,3,9-10,13H2,1-2H3,(H,28,34). The van der Waals surface area contributed by atoms with Crippen molar-refractivity contribution < 1.29 is 13.9 Å². The molecule has 1 N–H and O–H groups in total. The van der Waals surface area contributed by atoms with Gasteiger partial charge in [-0.1, -0.05) is 24.6 Å². The van der Waals surface area contributed by atoms with Gasteiger partial charge < -0.3 is 10.1 Å². The molecule has 0 saturated carbocycles. The van der Waals surface area contributed by atoms with Gasteiger partial charge in [-0.15, -0.1) is 16.4 Å². The van der Waals surface area contributed by atoms with Crippen LogP contribution in [0.3, 0.4) is 0 Å². The molecule has 4 aromatic rings. The first-order chi connectivity index (χ1) is 17.5. The Labute approximate surface area is 215 Å². The first kappa shape index (κ1) is 24.0. The maximum absolute atomic E-state index is 15.1. The van der Waals surface area contributed by atoms with E-state index < -0.39 is 5.82 Å². The molecule has 5 rings (SSSR count). The number of ether oxygens (including phenoxy) is 1. The first-order valence-corrected chi connectivity index (χ1v) is 12.5. The number of amidine groups is 1. The second-order valence-electron chi connectivity index (χ2n) is 7.98. The monoisotopic (exact) mass is 527 g/mol. The largest absolute Gasteiger partial charge is 0.467 e. The summed E-state index contributed by atoms with van der Waals surface area (Å²) in [5, 5.41) is 12.0. The quantitative estimate of drug-likeness (QED) is 0.402. The van der Waals surface area contributed by atoms with E-state index in [0.29, 0.717) is 58.8 Å². The average Bonchev–Trinajstić information content (AvgIpc) is 3.55. The smallest absolute Gasteiger partial charge is 0.315 e. The minimum Gasteiger partial charge on any atom is -0.467 e. The van der Waals surface area contributed by atoms with E-state index in [2.05, 4.69) is 20.4 Å². The van der Waals surface area contributed by atoms with Crippen molar-refractivity contribution in [3.05, 3.63) is 75.9 Å². The van der Waals surface area contributed by atoms with E-state index in [9.17, 15) is 4.79 Å². The van der Waals surface area contributed by atoms with Crippen molar-refractivity contribution in [3.8, 4) is 0 Å². The van der Waals surface area contributed by atoms with Crippen molar-refractivity contribution in [2.75, 3.05) is 30.1 Å². The number of amides is 1. The molecule has 186 valence electrons. The second kappa shape index (κ2) is 10.1. The van der Waals surface area contributed by atoms with Crippen molar-refractivity contribution in [1.29, 1.82) is 0 Å². The Bertz CT molecular complexity index is 1440. The molecule has 1 aromatic carbocycles. The molecule has 1 amide bonds. The lowest BCUT2D eigenvalue weighted by atomic mass is 10.1. The van der Waals surface area contributed by atoms with Crippen molar-refractivity contribution in [1.82, 2.24) is 19.7 Å². The third-order valence-electron chi connectivity index (χ3n) is 5.75. The lowest BCUT2D eigenvalue weighted by Gasteiger charge is -2.31. The first-order valence-electron chi connectivity index (χ1n) is 11.3. The van der Waals surface area contributed by atoms with Crippen molar-refractivity contribution in [3.63, 3.8) is 0 Å². The van der Waals surface area contributed by atoms with E-state index in [1.807, 2.05) is 17.2 Å². The third-order valence-corrected chi connectivity index (χ3v) is 6.77. The lowest BCUT2D eigenvalue weighted by molar-refractivity contribution is 0.0944. The number of carbonyl (C=O) groups is 1. The Morgan fingerprint density at radius 3 is 2.86 bits per heavy atom. The molecule has 0 unspecified atom stereocenters. The summed E-state index contributed by atoms with van der Waals surface area (Å²) in [5.41, 5.74) is 2.67. The molecule has 12 heteroatoms. The summed E-state index contributed by atoms with van der Waals surface area (Å²) in [5.74, 6) is -0.752. The molecule has 0 saturated heterocycles. The fraction of sp³-hybridized carbons (Fsp3) is 0.250. The number of thiazole rings is 1. The molecular formula is C24H23ClFN7O2S. The lowest BCUT2D eigenvalue weighted by Crippen LogP contribution is -2.45. The summed E-state index contributed by atoms with van der Waals surface area (Å²) >= 11 is 7.60. The Hall–Kier alpha value is -3.70. The highest BCUT2D eigenvalue weighted by Gasteiger charge is 2.26. The molecule has 0 radical (unpaired) electrons. The summed E-state index contributed by atoms with van der Waals surface area (Å²) in [6.45, 7) is 3.08. The number of hydrogen-bond acceptors (Lipinski definition) is 8. The Morgan fingerprint density at radius 1 is 1.28 bits per heavy atom. The SMILES string of the molecule is CCc1nc2ccc(Cl)cn2c1C(=O)NCc1ccc(N2CCN(c3nccs3)C(OC)=N2)c(F)c1. The number of rotatable bonds is 6. The summed E-state index contributed by atoms with van der Waals surface area (Å²) in [6.07, 6.45) is 3.96. The van der Waals surface area contributed by atoms with Crippen LogP contribution in [0.15, 0.2) is 53.2 Å². The normalized spacial score (nSPS) is 13.7. The highest BCUT2D eigenvalue weighted by Crippen LogP contribution is 2.26. The number of methoxy groups -OCH3 is 1. The summed E-state index contributed by atoms with van der Waals surface area (Å²) in [6, 6.07) is 8.65. The maximum Gasteiger partial charge on any atom is 0.315 e. The van der Waals surface area contributed by atoms with Crippen LogP contribution < -0.4 is 15.2 Å². The Kier molecular flexibility index (Phi) is 6.75. The van der Waals surface area contributed by atoms with Crippen molar-refractivity contribution in [2.24, 2.45) is 5.10 Å². The zero-order valence-electron chi connectivity index (χ0n) is 19.6. The number of hydrazone groups is 1. The number of fused-ring (bicyclic) bond motifs is 1. The van der Waals surface area contributed by atoms with Crippen LogP contribution in [0.25, 0.3) is 5.65 Å². The number of halogens is 2. The van der Waals surface area contributed by atoms with Crippen molar-refractivity contribution in [2.45, 2.75) is 19.9 Å². The topological polar surface area (TPSA) is 87.4 Å². The molecule has 0 aliphatic carbocycles. The molecule has 0 fully saturated rings. The Balaban J connectivity index is 1.31. The molecule has 9 nitrogen and oxygen atoms in total. The molecule has 1 aliphatic heterocycles. The van der Waals surface area contributed by atoms with E-state index in [1.165, 1.54) is 24.5 Å². The van der Waals surface area contributed by atoms with Crippen LogP contribution in [0.2, 0.25) is 5.02 Å². The summed E-state index contributed by atoms with van der Waals surface area (Å²) in [7, 11) is 1.52. The van der Waals surface area contributed by atoms with Crippen LogP contribution in [0, 0.1) is 5.82 Å².